The Bertz CT molecular complexity index is 268. The number of hydrogen-bond acceptors (Lipinski definition) is 2. The van der Waals surface area contributed by atoms with Gasteiger partial charge in [-0.2, -0.15) is 0 Å². The molecule has 0 aromatic heterocycles. The molecule has 0 aromatic carbocycles. The van der Waals surface area contributed by atoms with Crippen LogP contribution in [0.5, 0.6) is 0 Å². The van der Waals surface area contributed by atoms with Gasteiger partial charge in [0, 0.05) is 6.04 Å². The van der Waals surface area contributed by atoms with Crippen LogP contribution in [0.25, 0.3) is 0 Å². The van der Waals surface area contributed by atoms with Crippen LogP contribution in [-0.4, -0.2) is 24.8 Å². The molecule has 0 heterocycles. The van der Waals surface area contributed by atoms with Crippen molar-refractivity contribution in [3.8, 4) is 0 Å². The molecule has 118 valence electrons. The average Bonchev–Trinajstić information content (AvgIpc) is 2.66. The van der Waals surface area contributed by atoms with Crippen molar-refractivity contribution in [3.05, 3.63) is 0 Å². The Morgan fingerprint density at radius 3 is 2.50 bits per heavy atom. The summed E-state index contributed by atoms with van der Waals surface area (Å²) in [4.78, 5) is 0. The minimum atomic E-state index is 0.467. The van der Waals surface area contributed by atoms with Gasteiger partial charge in [0.15, 0.2) is 0 Å². The van der Waals surface area contributed by atoms with Gasteiger partial charge in [0.2, 0.25) is 0 Å². The van der Waals surface area contributed by atoms with Crippen molar-refractivity contribution in [3.63, 3.8) is 0 Å². The Kier molecular flexibility index (Phi) is 6.83. The molecule has 0 saturated heterocycles. The van der Waals surface area contributed by atoms with Crippen LogP contribution in [0.1, 0.15) is 78.6 Å². The molecule has 0 aliphatic heterocycles. The van der Waals surface area contributed by atoms with E-state index in [0.29, 0.717) is 18.2 Å². The van der Waals surface area contributed by atoms with Gasteiger partial charge in [0.05, 0.1) is 12.2 Å². The lowest BCUT2D eigenvalue weighted by molar-refractivity contribution is -0.0640. The summed E-state index contributed by atoms with van der Waals surface area (Å²) in [5.41, 5.74) is 0. The summed E-state index contributed by atoms with van der Waals surface area (Å²) in [6.07, 6.45) is 12.8. The first-order valence-corrected chi connectivity index (χ1v) is 9.09. The maximum absolute atomic E-state index is 6.58. The summed E-state index contributed by atoms with van der Waals surface area (Å²) < 4.78 is 6.58. The molecule has 0 aromatic rings. The highest BCUT2D eigenvalue weighted by molar-refractivity contribution is 4.83. The monoisotopic (exact) mass is 281 g/mol. The summed E-state index contributed by atoms with van der Waals surface area (Å²) in [6, 6.07) is 0.604. The Balaban J connectivity index is 1.86. The molecule has 0 amide bonds. The van der Waals surface area contributed by atoms with Crippen LogP contribution in [0, 0.1) is 11.8 Å². The fourth-order valence-electron chi connectivity index (χ4n) is 3.87. The molecule has 2 aliphatic rings. The van der Waals surface area contributed by atoms with Crippen LogP contribution in [0.2, 0.25) is 0 Å². The quantitative estimate of drug-likeness (QED) is 0.748. The second-order valence-electron chi connectivity index (χ2n) is 7.26. The zero-order valence-corrected chi connectivity index (χ0v) is 13.9. The highest BCUT2D eigenvalue weighted by Gasteiger charge is 2.30. The first kappa shape index (κ1) is 16.3. The molecular formula is C18H35NO. The van der Waals surface area contributed by atoms with E-state index in [2.05, 4.69) is 26.1 Å². The lowest BCUT2D eigenvalue weighted by Crippen LogP contribution is -2.43. The van der Waals surface area contributed by atoms with Crippen molar-refractivity contribution in [1.82, 2.24) is 5.32 Å². The second-order valence-corrected chi connectivity index (χ2v) is 7.26. The van der Waals surface area contributed by atoms with Crippen LogP contribution in [-0.2, 0) is 4.74 Å². The molecule has 5 unspecified atom stereocenters. The molecule has 2 nitrogen and oxygen atoms in total. The third kappa shape index (κ3) is 4.73. The van der Waals surface area contributed by atoms with Crippen molar-refractivity contribution < 1.29 is 4.74 Å². The minimum Gasteiger partial charge on any atom is -0.373 e. The molecule has 2 rings (SSSR count). The normalized spacial score (nSPS) is 39.5. The molecular weight excluding hydrogens is 246 g/mol. The molecule has 5 atom stereocenters. The van der Waals surface area contributed by atoms with Crippen LogP contribution in [0.15, 0.2) is 0 Å². The topological polar surface area (TPSA) is 21.3 Å². The number of nitrogens with one attached hydrogen (secondary N) is 1. The van der Waals surface area contributed by atoms with Gasteiger partial charge < -0.3 is 10.1 Å². The largest absolute Gasteiger partial charge is 0.373 e. The van der Waals surface area contributed by atoms with Crippen molar-refractivity contribution >= 4 is 0 Å². The van der Waals surface area contributed by atoms with Crippen molar-refractivity contribution in [2.45, 2.75) is 96.8 Å². The number of hydrogen-bond donors (Lipinski definition) is 1. The van der Waals surface area contributed by atoms with E-state index in [4.69, 9.17) is 4.74 Å². The van der Waals surface area contributed by atoms with Crippen LogP contribution in [0.4, 0.5) is 0 Å². The predicted molar refractivity (Wildman–Crippen MR) is 86.0 cm³/mol. The summed E-state index contributed by atoms with van der Waals surface area (Å²) in [6.45, 7) is 8.20. The zero-order valence-electron chi connectivity index (χ0n) is 13.9. The Morgan fingerprint density at radius 1 is 0.950 bits per heavy atom. The molecule has 2 saturated carbocycles. The van der Waals surface area contributed by atoms with Crippen LogP contribution in [0.3, 0.4) is 0 Å². The van der Waals surface area contributed by atoms with E-state index in [0.717, 1.165) is 18.4 Å². The van der Waals surface area contributed by atoms with Gasteiger partial charge in [-0.25, -0.2) is 0 Å². The van der Waals surface area contributed by atoms with Gasteiger partial charge in [-0.15, -0.1) is 0 Å². The van der Waals surface area contributed by atoms with Gasteiger partial charge in [0.1, 0.15) is 0 Å². The Labute approximate surface area is 126 Å². The van der Waals surface area contributed by atoms with E-state index in [1.54, 1.807) is 0 Å². The van der Waals surface area contributed by atoms with E-state index in [9.17, 15) is 0 Å². The Hall–Kier alpha value is -0.0800. The minimum absolute atomic E-state index is 0.467. The predicted octanol–water partition coefficient (Wildman–Crippen LogP) is 4.53. The standard InChI is InChI=1S/C18H35NO/c1-4-12-19-17-8-6-5-7-9-18(17)20-16-11-10-14(2)15(3)13-16/h14-19H,4-13H2,1-3H3. The number of ether oxygens (including phenoxy) is 1. The SMILES string of the molecule is CCCNC1CCCCCC1OC1CCC(C)C(C)C1. The van der Waals surface area contributed by atoms with Crippen molar-refractivity contribution in [1.29, 1.82) is 0 Å². The first-order chi connectivity index (χ1) is 9.70. The van der Waals surface area contributed by atoms with Crippen molar-refractivity contribution in [2.75, 3.05) is 6.54 Å². The van der Waals surface area contributed by atoms with E-state index in [1.807, 2.05) is 0 Å². The first-order valence-electron chi connectivity index (χ1n) is 9.09. The van der Waals surface area contributed by atoms with E-state index < -0.39 is 0 Å². The summed E-state index contributed by atoms with van der Waals surface area (Å²) in [7, 11) is 0. The smallest absolute Gasteiger partial charge is 0.0731 e. The lowest BCUT2D eigenvalue weighted by atomic mass is 9.80. The maximum atomic E-state index is 6.58. The highest BCUT2D eigenvalue weighted by Crippen LogP contribution is 2.33. The van der Waals surface area contributed by atoms with Crippen LogP contribution >= 0.6 is 0 Å². The molecule has 2 fully saturated rings. The number of rotatable bonds is 5. The van der Waals surface area contributed by atoms with Gasteiger partial charge in [-0.05, 0) is 56.9 Å². The molecule has 0 radical (unpaired) electrons. The maximum Gasteiger partial charge on any atom is 0.0731 e. The Morgan fingerprint density at radius 2 is 1.75 bits per heavy atom. The summed E-state index contributed by atoms with van der Waals surface area (Å²) in [5.74, 6) is 1.72. The van der Waals surface area contributed by atoms with E-state index >= 15 is 0 Å². The second kappa shape index (κ2) is 8.38. The molecule has 2 aliphatic carbocycles. The van der Waals surface area contributed by atoms with Crippen LogP contribution < -0.4 is 5.32 Å². The highest BCUT2D eigenvalue weighted by atomic mass is 16.5. The fourth-order valence-corrected chi connectivity index (χ4v) is 3.87. The summed E-state index contributed by atoms with van der Waals surface area (Å²) in [5, 5.41) is 3.75. The van der Waals surface area contributed by atoms with Gasteiger partial charge in [0.25, 0.3) is 0 Å². The van der Waals surface area contributed by atoms with Gasteiger partial charge >= 0.3 is 0 Å². The molecule has 0 bridgehead atoms. The molecule has 2 heteroatoms. The molecule has 1 N–H and O–H groups in total. The lowest BCUT2D eigenvalue weighted by Gasteiger charge is -2.36. The van der Waals surface area contributed by atoms with Gasteiger partial charge in [-0.1, -0.05) is 40.0 Å². The zero-order chi connectivity index (χ0) is 14.4. The molecule has 20 heavy (non-hydrogen) atoms. The van der Waals surface area contributed by atoms with Crippen molar-refractivity contribution in [2.24, 2.45) is 11.8 Å². The summed E-state index contributed by atoms with van der Waals surface area (Å²) >= 11 is 0. The van der Waals surface area contributed by atoms with E-state index in [-0.39, 0.29) is 0 Å². The fraction of sp³-hybridized carbons (Fsp3) is 1.00. The third-order valence-electron chi connectivity index (χ3n) is 5.53. The molecule has 0 spiro atoms. The van der Waals surface area contributed by atoms with E-state index in [1.165, 1.54) is 57.8 Å². The third-order valence-corrected chi connectivity index (χ3v) is 5.53. The average molecular weight is 281 g/mol. The van der Waals surface area contributed by atoms with Gasteiger partial charge in [-0.3, -0.25) is 0 Å².